The molecule has 1 aliphatic carbocycles. The van der Waals surface area contributed by atoms with Gasteiger partial charge in [-0.1, -0.05) is 60.7 Å². The lowest BCUT2D eigenvalue weighted by molar-refractivity contribution is -0.122. The number of carbonyl (C=O) groups excluding carboxylic acids is 1. The van der Waals surface area contributed by atoms with Gasteiger partial charge in [-0.05, 0) is 24.0 Å². The van der Waals surface area contributed by atoms with E-state index in [-0.39, 0.29) is 23.9 Å². The van der Waals surface area contributed by atoms with E-state index in [9.17, 15) is 4.79 Å². The number of amides is 1. The van der Waals surface area contributed by atoms with Gasteiger partial charge < -0.3 is 11.1 Å². The highest BCUT2D eigenvalue weighted by Crippen LogP contribution is 2.28. The van der Waals surface area contributed by atoms with Crippen LogP contribution in [0, 0.1) is 0 Å². The van der Waals surface area contributed by atoms with Crippen LogP contribution in [-0.4, -0.2) is 18.0 Å². The van der Waals surface area contributed by atoms with Crippen molar-refractivity contribution in [1.29, 1.82) is 0 Å². The Morgan fingerprint density at radius 1 is 1.00 bits per heavy atom. The van der Waals surface area contributed by atoms with Crippen LogP contribution >= 0.6 is 0 Å². The number of nitrogens with one attached hydrogen (secondary N) is 1. The Labute approximate surface area is 131 Å². The zero-order chi connectivity index (χ0) is 15.4. The van der Waals surface area contributed by atoms with Crippen molar-refractivity contribution in [1.82, 2.24) is 5.32 Å². The fraction of sp³-hybridized carbons (Fsp3) is 0.316. The Kier molecular flexibility index (Phi) is 4.54. The quantitative estimate of drug-likeness (QED) is 0.891. The molecule has 3 rings (SSSR count). The predicted octanol–water partition coefficient (Wildman–Crippen LogP) is 2.81. The van der Waals surface area contributed by atoms with Crippen molar-refractivity contribution in [3.8, 4) is 0 Å². The molecule has 0 saturated heterocycles. The Balaban J connectivity index is 1.76. The molecule has 1 amide bonds. The SMILES string of the molecule is NC1CCC1NC(=O)CC(c1ccccc1)c1ccccc1. The Morgan fingerprint density at radius 2 is 1.55 bits per heavy atom. The van der Waals surface area contributed by atoms with Crippen LogP contribution < -0.4 is 11.1 Å². The lowest BCUT2D eigenvalue weighted by atomic mass is 9.85. The summed E-state index contributed by atoms with van der Waals surface area (Å²) in [6.07, 6.45) is 2.46. The fourth-order valence-electron chi connectivity index (χ4n) is 2.95. The molecule has 0 aliphatic heterocycles. The van der Waals surface area contributed by atoms with Gasteiger partial charge >= 0.3 is 0 Å². The first-order valence-corrected chi connectivity index (χ1v) is 7.89. The first-order chi connectivity index (χ1) is 10.7. The van der Waals surface area contributed by atoms with E-state index in [4.69, 9.17) is 5.73 Å². The molecule has 1 saturated carbocycles. The molecule has 3 heteroatoms. The lowest BCUT2D eigenvalue weighted by Crippen LogP contribution is -2.54. The molecular weight excluding hydrogens is 272 g/mol. The third-order valence-electron chi connectivity index (χ3n) is 4.47. The van der Waals surface area contributed by atoms with E-state index in [2.05, 4.69) is 29.6 Å². The predicted molar refractivity (Wildman–Crippen MR) is 88.5 cm³/mol. The molecule has 2 aromatic rings. The third kappa shape index (κ3) is 3.37. The van der Waals surface area contributed by atoms with Crippen LogP contribution in [0.4, 0.5) is 0 Å². The van der Waals surface area contributed by atoms with Gasteiger partial charge in [0, 0.05) is 24.4 Å². The number of benzene rings is 2. The molecule has 22 heavy (non-hydrogen) atoms. The van der Waals surface area contributed by atoms with E-state index in [1.54, 1.807) is 0 Å². The lowest BCUT2D eigenvalue weighted by Gasteiger charge is -2.34. The maximum atomic E-state index is 12.4. The normalized spacial score (nSPS) is 20.5. The second-order valence-corrected chi connectivity index (χ2v) is 5.99. The molecule has 3 nitrogen and oxygen atoms in total. The van der Waals surface area contributed by atoms with E-state index >= 15 is 0 Å². The van der Waals surface area contributed by atoms with Crippen LogP contribution in [0.5, 0.6) is 0 Å². The second kappa shape index (κ2) is 6.75. The summed E-state index contributed by atoms with van der Waals surface area (Å²) in [7, 11) is 0. The minimum atomic E-state index is 0.0813. The zero-order valence-electron chi connectivity index (χ0n) is 12.6. The average molecular weight is 294 g/mol. The molecule has 1 aliphatic rings. The molecule has 114 valence electrons. The topological polar surface area (TPSA) is 55.1 Å². The van der Waals surface area contributed by atoms with Crippen LogP contribution in [0.2, 0.25) is 0 Å². The van der Waals surface area contributed by atoms with E-state index in [0.29, 0.717) is 6.42 Å². The number of carbonyl (C=O) groups is 1. The molecule has 0 spiro atoms. The van der Waals surface area contributed by atoms with Crippen LogP contribution in [0.15, 0.2) is 60.7 Å². The van der Waals surface area contributed by atoms with Gasteiger partial charge in [-0.25, -0.2) is 0 Å². The van der Waals surface area contributed by atoms with Gasteiger partial charge in [0.2, 0.25) is 5.91 Å². The van der Waals surface area contributed by atoms with E-state index in [1.165, 1.54) is 11.1 Å². The van der Waals surface area contributed by atoms with Crippen LogP contribution in [0.25, 0.3) is 0 Å². The summed E-state index contributed by atoms with van der Waals surface area (Å²) in [4.78, 5) is 12.4. The average Bonchev–Trinajstić information content (AvgIpc) is 2.58. The van der Waals surface area contributed by atoms with Crippen molar-refractivity contribution >= 4 is 5.91 Å². The van der Waals surface area contributed by atoms with Gasteiger partial charge in [0.25, 0.3) is 0 Å². The second-order valence-electron chi connectivity index (χ2n) is 5.99. The van der Waals surface area contributed by atoms with Crippen molar-refractivity contribution in [2.24, 2.45) is 5.73 Å². The van der Waals surface area contributed by atoms with Crippen molar-refractivity contribution in [3.63, 3.8) is 0 Å². The summed E-state index contributed by atoms with van der Waals surface area (Å²) in [5.74, 6) is 0.163. The summed E-state index contributed by atoms with van der Waals surface area (Å²) in [6, 6.07) is 20.7. The smallest absolute Gasteiger partial charge is 0.221 e. The maximum absolute atomic E-state index is 12.4. The van der Waals surface area contributed by atoms with E-state index in [0.717, 1.165) is 12.8 Å². The first kappa shape index (κ1) is 14.8. The Morgan fingerprint density at radius 3 is 1.95 bits per heavy atom. The highest BCUT2D eigenvalue weighted by molar-refractivity contribution is 5.78. The monoisotopic (exact) mass is 294 g/mol. The number of hydrogen-bond acceptors (Lipinski definition) is 2. The summed E-state index contributed by atoms with van der Waals surface area (Å²) < 4.78 is 0. The van der Waals surface area contributed by atoms with Crippen molar-refractivity contribution in [2.75, 3.05) is 0 Å². The van der Waals surface area contributed by atoms with E-state index in [1.807, 2.05) is 36.4 Å². The third-order valence-corrected chi connectivity index (χ3v) is 4.47. The van der Waals surface area contributed by atoms with Gasteiger partial charge in [0.1, 0.15) is 0 Å². The molecule has 0 heterocycles. The molecule has 2 atom stereocenters. The summed E-state index contributed by atoms with van der Waals surface area (Å²) in [6.45, 7) is 0. The first-order valence-electron chi connectivity index (χ1n) is 7.89. The van der Waals surface area contributed by atoms with Gasteiger partial charge in [-0.3, -0.25) is 4.79 Å². The Hall–Kier alpha value is -2.13. The standard InChI is InChI=1S/C19H22N2O/c20-17-11-12-18(17)21-19(22)13-16(14-7-3-1-4-8-14)15-9-5-2-6-10-15/h1-10,16-18H,11-13,20H2,(H,21,22). The van der Waals surface area contributed by atoms with Gasteiger partial charge in [0.15, 0.2) is 0 Å². The van der Waals surface area contributed by atoms with Gasteiger partial charge in [-0.2, -0.15) is 0 Å². The summed E-state index contributed by atoms with van der Waals surface area (Å²) in [5, 5.41) is 3.07. The minimum absolute atomic E-state index is 0.0813. The molecule has 0 aromatic heterocycles. The summed E-state index contributed by atoms with van der Waals surface area (Å²) in [5.41, 5.74) is 8.25. The molecule has 2 unspecified atom stereocenters. The largest absolute Gasteiger partial charge is 0.352 e. The summed E-state index contributed by atoms with van der Waals surface area (Å²) >= 11 is 0. The van der Waals surface area contributed by atoms with Crippen molar-refractivity contribution in [2.45, 2.75) is 37.3 Å². The van der Waals surface area contributed by atoms with Gasteiger partial charge in [-0.15, -0.1) is 0 Å². The maximum Gasteiger partial charge on any atom is 0.221 e. The molecule has 3 N–H and O–H groups in total. The molecule has 2 aromatic carbocycles. The van der Waals surface area contributed by atoms with Crippen LogP contribution in [0.1, 0.15) is 36.3 Å². The van der Waals surface area contributed by atoms with Crippen LogP contribution in [-0.2, 0) is 4.79 Å². The highest BCUT2D eigenvalue weighted by atomic mass is 16.1. The van der Waals surface area contributed by atoms with Gasteiger partial charge in [0.05, 0.1) is 0 Å². The number of rotatable bonds is 5. The zero-order valence-corrected chi connectivity index (χ0v) is 12.6. The number of hydrogen-bond donors (Lipinski definition) is 2. The fourth-order valence-corrected chi connectivity index (χ4v) is 2.95. The minimum Gasteiger partial charge on any atom is -0.352 e. The van der Waals surface area contributed by atoms with Crippen LogP contribution in [0.3, 0.4) is 0 Å². The van der Waals surface area contributed by atoms with Crippen molar-refractivity contribution in [3.05, 3.63) is 71.8 Å². The molecular formula is C19H22N2O. The Bertz CT molecular complexity index is 572. The number of nitrogens with two attached hydrogens (primary N) is 1. The van der Waals surface area contributed by atoms with E-state index < -0.39 is 0 Å². The van der Waals surface area contributed by atoms with Crippen molar-refractivity contribution < 1.29 is 4.79 Å². The highest BCUT2D eigenvalue weighted by Gasteiger charge is 2.29. The molecule has 1 fully saturated rings. The molecule has 0 bridgehead atoms. The molecule has 0 radical (unpaired) electrons.